The summed E-state index contributed by atoms with van der Waals surface area (Å²) in [6.45, 7) is 1.77. The Kier molecular flexibility index (Phi) is 4.93. The van der Waals surface area contributed by atoms with Gasteiger partial charge in [-0.3, -0.25) is 4.79 Å². The maximum atomic E-state index is 12.2. The van der Waals surface area contributed by atoms with Crippen LogP contribution in [-0.4, -0.2) is 17.6 Å². The second kappa shape index (κ2) is 7.08. The smallest absolute Gasteiger partial charge is 0.255 e. The van der Waals surface area contributed by atoms with E-state index in [1.165, 1.54) is 0 Å². The average molecular weight is 310 g/mol. The molecule has 0 unspecified atom stereocenters. The van der Waals surface area contributed by atoms with Crippen LogP contribution in [0.3, 0.4) is 0 Å². The molecule has 0 aliphatic heterocycles. The second-order valence-electron chi connectivity index (χ2n) is 4.87. The zero-order valence-electron chi connectivity index (χ0n) is 12.7. The maximum Gasteiger partial charge on any atom is 0.255 e. The van der Waals surface area contributed by atoms with Crippen molar-refractivity contribution in [1.82, 2.24) is 0 Å². The van der Waals surface area contributed by atoms with Gasteiger partial charge in [-0.25, -0.2) is 0 Å². The van der Waals surface area contributed by atoms with Gasteiger partial charge in [-0.05, 0) is 48.9 Å². The molecule has 0 aromatic heterocycles. The van der Waals surface area contributed by atoms with Gasteiger partial charge in [0, 0.05) is 16.9 Å². The van der Waals surface area contributed by atoms with Crippen LogP contribution in [0.5, 0.6) is 0 Å². The zero-order valence-corrected chi connectivity index (χ0v) is 12.7. The molecular weight excluding hydrogens is 292 g/mol. The van der Waals surface area contributed by atoms with Crippen LogP contribution in [0.2, 0.25) is 0 Å². The van der Waals surface area contributed by atoms with Crippen molar-refractivity contribution in [3.8, 4) is 0 Å². The van der Waals surface area contributed by atoms with Gasteiger partial charge in [0.25, 0.3) is 5.91 Å². The molecule has 0 fully saturated rings. The van der Waals surface area contributed by atoms with Gasteiger partial charge in [0.2, 0.25) is 5.96 Å². The van der Waals surface area contributed by atoms with E-state index in [0.29, 0.717) is 22.6 Å². The van der Waals surface area contributed by atoms with Crippen molar-refractivity contribution in [1.29, 1.82) is 0 Å². The monoisotopic (exact) mass is 310 g/mol. The Morgan fingerprint density at radius 3 is 2.35 bits per heavy atom. The summed E-state index contributed by atoms with van der Waals surface area (Å²) in [4.78, 5) is 12.2. The standard InChI is InChI=1S/C16H18N6O/c1-10(21-22-16(18)19)12-3-2-4-14(9-12)20-15(23)11-5-7-13(17)8-6-11/h2-9H,17H2,1H3,(H,20,23)(H4,18,19,22). The number of nitrogens with two attached hydrogens (primary N) is 3. The lowest BCUT2D eigenvalue weighted by Crippen LogP contribution is -2.22. The van der Waals surface area contributed by atoms with E-state index in [2.05, 4.69) is 15.5 Å². The van der Waals surface area contributed by atoms with Crippen LogP contribution in [0.4, 0.5) is 11.4 Å². The van der Waals surface area contributed by atoms with Crippen LogP contribution in [0.25, 0.3) is 0 Å². The molecule has 0 spiro atoms. The van der Waals surface area contributed by atoms with E-state index >= 15 is 0 Å². The number of carbonyl (C=O) groups is 1. The van der Waals surface area contributed by atoms with E-state index in [-0.39, 0.29) is 11.9 Å². The fourth-order valence-corrected chi connectivity index (χ4v) is 1.85. The quantitative estimate of drug-likeness (QED) is 0.295. The number of amides is 1. The molecule has 2 aromatic carbocycles. The number of nitrogen functional groups attached to an aromatic ring is 1. The van der Waals surface area contributed by atoms with Crippen molar-refractivity contribution in [2.75, 3.05) is 11.1 Å². The van der Waals surface area contributed by atoms with Gasteiger partial charge in [-0.1, -0.05) is 12.1 Å². The first-order chi connectivity index (χ1) is 11.0. The lowest BCUT2D eigenvalue weighted by Gasteiger charge is -2.07. The van der Waals surface area contributed by atoms with Gasteiger partial charge in [0.1, 0.15) is 0 Å². The van der Waals surface area contributed by atoms with Gasteiger partial charge >= 0.3 is 0 Å². The predicted molar refractivity (Wildman–Crippen MR) is 93.3 cm³/mol. The first-order valence-corrected chi connectivity index (χ1v) is 6.86. The van der Waals surface area contributed by atoms with Crippen molar-refractivity contribution < 1.29 is 4.79 Å². The summed E-state index contributed by atoms with van der Waals surface area (Å²) in [5, 5.41) is 10.3. The minimum absolute atomic E-state index is 0.114. The molecule has 0 radical (unpaired) electrons. The molecule has 23 heavy (non-hydrogen) atoms. The van der Waals surface area contributed by atoms with E-state index in [4.69, 9.17) is 17.2 Å². The Bertz CT molecular complexity index is 760. The van der Waals surface area contributed by atoms with Crippen LogP contribution < -0.4 is 22.5 Å². The van der Waals surface area contributed by atoms with E-state index in [0.717, 1.165) is 5.56 Å². The van der Waals surface area contributed by atoms with Crippen molar-refractivity contribution in [2.24, 2.45) is 21.7 Å². The molecule has 118 valence electrons. The molecule has 7 heteroatoms. The highest BCUT2D eigenvalue weighted by Crippen LogP contribution is 2.14. The minimum atomic E-state index is -0.221. The molecule has 0 saturated heterocycles. The van der Waals surface area contributed by atoms with Gasteiger partial charge in [-0.2, -0.15) is 5.10 Å². The summed E-state index contributed by atoms with van der Waals surface area (Å²) in [7, 11) is 0. The van der Waals surface area contributed by atoms with Crippen LogP contribution in [0.15, 0.2) is 58.7 Å². The van der Waals surface area contributed by atoms with Crippen LogP contribution in [0, 0.1) is 0 Å². The second-order valence-corrected chi connectivity index (χ2v) is 4.87. The highest BCUT2D eigenvalue weighted by Gasteiger charge is 2.07. The SMILES string of the molecule is CC(=NN=C(N)N)c1cccc(NC(=O)c2ccc(N)cc2)c1. The highest BCUT2D eigenvalue weighted by atomic mass is 16.1. The van der Waals surface area contributed by atoms with E-state index in [1.807, 2.05) is 12.1 Å². The molecule has 2 aromatic rings. The number of benzene rings is 2. The molecule has 0 saturated carbocycles. The van der Waals surface area contributed by atoms with Crippen LogP contribution in [0.1, 0.15) is 22.8 Å². The van der Waals surface area contributed by atoms with Gasteiger partial charge in [0.05, 0.1) is 5.71 Å². The fourth-order valence-electron chi connectivity index (χ4n) is 1.85. The van der Waals surface area contributed by atoms with Crippen molar-refractivity contribution in [2.45, 2.75) is 6.92 Å². The third-order valence-electron chi connectivity index (χ3n) is 3.03. The number of hydrogen-bond donors (Lipinski definition) is 4. The number of rotatable bonds is 4. The number of hydrogen-bond acceptors (Lipinski definition) is 4. The minimum Gasteiger partial charge on any atom is -0.399 e. The lowest BCUT2D eigenvalue weighted by molar-refractivity contribution is 0.102. The molecule has 0 aliphatic carbocycles. The number of guanidine groups is 1. The Labute approximate surface area is 133 Å². The molecule has 0 atom stereocenters. The Morgan fingerprint density at radius 2 is 1.70 bits per heavy atom. The number of nitrogens with one attached hydrogen (secondary N) is 1. The third-order valence-corrected chi connectivity index (χ3v) is 3.03. The molecule has 7 nitrogen and oxygen atoms in total. The summed E-state index contributed by atoms with van der Waals surface area (Å²) in [6.07, 6.45) is 0. The largest absolute Gasteiger partial charge is 0.399 e. The summed E-state index contributed by atoms with van der Waals surface area (Å²) >= 11 is 0. The topological polar surface area (TPSA) is 132 Å². The molecule has 0 aliphatic rings. The highest BCUT2D eigenvalue weighted by molar-refractivity contribution is 6.05. The Balaban J connectivity index is 2.17. The average Bonchev–Trinajstić information content (AvgIpc) is 2.53. The molecule has 1 amide bonds. The van der Waals surface area contributed by atoms with Crippen LogP contribution >= 0.6 is 0 Å². The number of nitrogens with zero attached hydrogens (tertiary/aromatic N) is 2. The third kappa shape index (κ3) is 4.57. The van der Waals surface area contributed by atoms with E-state index in [1.54, 1.807) is 43.3 Å². The molecule has 2 rings (SSSR count). The molecule has 0 bridgehead atoms. The lowest BCUT2D eigenvalue weighted by atomic mass is 10.1. The van der Waals surface area contributed by atoms with Crippen molar-refractivity contribution in [3.63, 3.8) is 0 Å². The maximum absolute atomic E-state index is 12.2. The number of carbonyl (C=O) groups excluding carboxylic acids is 1. The summed E-state index contributed by atoms with van der Waals surface area (Å²) in [6, 6.07) is 13.9. The summed E-state index contributed by atoms with van der Waals surface area (Å²) in [5.74, 6) is -0.335. The summed E-state index contributed by atoms with van der Waals surface area (Å²) < 4.78 is 0. The van der Waals surface area contributed by atoms with Crippen molar-refractivity contribution >= 4 is 29.0 Å². The first kappa shape index (κ1) is 16.0. The Morgan fingerprint density at radius 1 is 1.00 bits per heavy atom. The van der Waals surface area contributed by atoms with Crippen molar-refractivity contribution in [3.05, 3.63) is 59.7 Å². The van der Waals surface area contributed by atoms with Gasteiger partial charge in [-0.15, -0.1) is 5.10 Å². The molecule has 0 heterocycles. The fraction of sp³-hybridized carbons (Fsp3) is 0.0625. The summed E-state index contributed by atoms with van der Waals surface area (Å²) in [5.41, 5.74) is 19.3. The molecule has 7 N–H and O–H groups in total. The molecular formula is C16H18N6O. The first-order valence-electron chi connectivity index (χ1n) is 6.86. The number of anilines is 2. The predicted octanol–water partition coefficient (Wildman–Crippen LogP) is 1.52. The normalized spacial score (nSPS) is 10.9. The van der Waals surface area contributed by atoms with E-state index in [9.17, 15) is 4.79 Å². The van der Waals surface area contributed by atoms with Crippen LogP contribution in [-0.2, 0) is 0 Å². The van der Waals surface area contributed by atoms with E-state index < -0.39 is 0 Å². The Hall–Kier alpha value is -3.35. The van der Waals surface area contributed by atoms with Gasteiger partial charge in [0.15, 0.2) is 0 Å². The van der Waals surface area contributed by atoms with Gasteiger partial charge < -0.3 is 22.5 Å². The zero-order chi connectivity index (χ0) is 16.8.